The standard InChI is InChI=1S/C24H18F4N4O3.ClH/c1-13-10-15(12-30-21(13)29-9-8-20(33)34)22-31-23(35-32-22)14-6-7-16(18(11-14)24(26,27)28)17-4-2-3-5-19(17)25;/h2-7,10-12H,8-9H2,1H3,(H,29,30)(H,33,34);1H. The first kappa shape index (κ1) is 26.6. The number of pyridine rings is 1. The van der Waals surface area contributed by atoms with Crippen molar-refractivity contribution in [3.63, 3.8) is 0 Å². The van der Waals surface area contributed by atoms with Crippen molar-refractivity contribution in [2.75, 3.05) is 11.9 Å². The molecule has 188 valence electrons. The number of carboxylic acid groups (broad SMARTS) is 1. The van der Waals surface area contributed by atoms with Crippen LogP contribution in [0.5, 0.6) is 0 Å². The number of nitrogens with zero attached hydrogens (tertiary/aromatic N) is 3. The molecule has 0 bridgehead atoms. The summed E-state index contributed by atoms with van der Waals surface area (Å²) >= 11 is 0. The van der Waals surface area contributed by atoms with Crippen molar-refractivity contribution in [2.24, 2.45) is 0 Å². The molecule has 0 radical (unpaired) electrons. The molecule has 0 saturated carbocycles. The summed E-state index contributed by atoms with van der Waals surface area (Å²) in [5.74, 6) is -1.26. The molecule has 36 heavy (non-hydrogen) atoms. The number of aromatic nitrogens is 3. The molecular weight excluding hydrogens is 504 g/mol. The highest BCUT2D eigenvalue weighted by atomic mass is 35.5. The smallest absolute Gasteiger partial charge is 0.417 e. The zero-order valence-corrected chi connectivity index (χ0v) is 19.5. The number of benzene rings is 2. The minimum atomic E-state index is -4.75. The van der Waals surface area contributed by atoms with E-state index in [1.54, 1.807) is 13.0 Å². The number of hydrogen-bond acceptors (Lipinski definition) is 6. The SMILES string of the molecule is Cc1cc(-c2noc(-c3ccc(-c4ccccc4F)c(C(F)(F)F)c3)n2)cnc1NCCC(=O)O.Cl. The third kappa shape index (κ3) is 5.80. The van der Waals surface area contributed by atoms with Gasteiger partial charge in [0.2, 0.25) is 5.82 Å². The number of nitrogens with one attached hydrogen (secondary N) is 1. The summed E-state index contributed by atoms with van der Waals surface area (Å²) < 4.78 is 60.8. The van der Waals surface area contributed by atoms with E-state index in [4.69, 9.17) is 9.63 Å². The third-order valence-electron chi connectivity index (χ3n) is 5.13. The van der Waals surface area contributed by atoms with E-state index in [1.807, 2.05) is 0 Å². The second kappa shape index (κ2) is 10.7. The van der Waals surface area contributed by atoms with E-state index in [9.17, 15) is 22.4 Å². The number of rotatable bonds is 7. The highest BCUT2D eigenvalue weighted by molar-refractivity contribution is 5.85. The molecule has 4 rings (SSSR count). The van der Waals surface area contributed by atoms with Crippen molar-refractivity contribution < 1.29 is 32.0 Å². The molecule has 0 unspecified atom stereocenters. The van der Waals surface area contributed by atoms with Crippen LogP contribution in [-0.4, -0.2) is 32.7 Å². The average molecular weight is 523 g/mol. The van der Waals surface area contributed by atoms with Crippen molar-refractivity contribution in [3.05, 3.63) is 71.7 Å². The van der Waals surface area contributed by atoms with Crippen molar-refractivity contribution in [1.82, 2.24) is 15.1 Å². The van der Waals surface area contributed by atoms with Crippen molar-refractivity contribution >= 4 is 24.2 Å². The number of aryl methyl sites for hydroxylation is 1. The normalized spacial score (nSPS) is 11.1. The first-order chi connectivity index (χ1) is 16.6. The Hall–Kier alpha value is -3.99. The van der Waals surface area contributed by atoms with Gasteiger partial charge in [0.15, 0.2) is 0 Å². The van der Waals surface area contributed by atoms with Gasteiger partial charge in [-0.05, 0) is 42.3 Å². The fourth-order valence-corrected chi connectivity index (χ4v) is 3.45. The van der Waals surface area contributed by atoms with Crippen molar-refractivity contribution in [3.8, 4) is 34.0 Å². The van der Waals surface area contributed by atoms with E-state index in [2.05, 4.69) is 20.4 Å². The van der Waals surface area contributed by atoms with E-state index in [-0.39, 0.29) is 53.8 Å². The van der Waals surface area contributed by atoms with Gasteiger partial charge in [0.1, 0.15) is 11.6 Å². The fourth-order valence-electron chi connectivity index (χ4n) is 3.45. The van der Waals surface area contributed by atoms with Crippen molar-refractivity contribution in [1.29, 1.82) is 0 Å². The minimum absolute atomic E-state index is 0. The second-order valence-electron chi connectivity index (χ2n) is 7.62. The molecule has 2 heterocycles. The van der Waals surface area contributed by atoms with Gasteiger partial charge in [-0.3, -0.25) is 4.79 Å². The van der Waals surface area contributed by atoms with E-state index in [1.165, 1.54) is 36.5 Å². The Kier molecular flexibility index (Phi) is 7.93. The first-order valence-electron chi connectivity index (χ1n) is 10.4. The maximum atomic E-state index is 14.2. The van der Waals surface area contributed by atoms with Gasteiger partial charge >= 0.3 is 12.1 Å². The number of carbonyl (C=O) groups is 1. The molecule has 0 saturated heterocycles. The second-order valence-corrected chi connectivity index (χ2v) is 7.62. The maximum absolute atomic E-state index is 14.2. The lowest BCUT2D eigenvalue weighted by atomic mass is 9.96. The number of aliphatic carboxylic acids is 1. The van der Waals surface area contributed by atoms with Gasteiger partial charge in [0, 0.05) is 29.4 Å². The number of halogens is 5. The molecule has 12 heteroatoms. The molecule has 0 aliphatic rings. The summed E-state index contributed by atoms with van der Waals surface area (Å²) in [6.07, 6.45) is -3.39. The monoisotopic (exact) mass is 522 g/mol. The summed E-state index contributed by atoms with van der Waals surface area (Å²) in [5.41, 5.74) is -0.337. The molecule has 0 amide bonds. The quantitative estimate of drug-likeness (QED) is 0.277. The molecule has 2 aromatic heterocycles. The van der Waals surface area contributed by atoms with E-state index in [0.29, 0.717) is 16.9 Å². The Morgan fingerprint density at radius 3 is 2.50 bits per heavy atom. The lowest BCUT2D eigenvalue weighted by Gasteiger charge is -2.14. The van der Waals surface area contributed by atoms with E-state index < -0.39 is 23.5 Å². The average Bonchev–Trinajstić information content (AvgIpc) is 3.30. The summed E-state index contributed by atoms with van der Waals surface area (Å²) in [6.45, 7) is 1.94. The van der Waals surface area contributed by atoms with Crippen LogP contribution in [0, 0.1) is 12.7 Å². The third-order valence-corrected chi connectivity index (χ3v) is 5.13. The van der Waals surface area contributed by atoms with Gasteiger partial charge in [-0.1, -0.05) is 29.4 Å². The molecule has 0 fully saturated rings. The first-order valence-corrected chi connectivity index (χ1v) is 10.4. The highest BCUT2D eigenvalue weighted by Gasteiger charge is 2.35. The molecule has 0 aliphatic heterocycles. The molecule has 2 N–H and O–H groups in total. The molecule has 0 spiro atoms. The van der Waals surface area contributed by atoms with Crippen LogP contribution in [0.15, 0.2) is 59.3 Å². The summed E-state index contributed by atoms with van der Waals surface area (Å²) in [7, 11) is 0. The number of alkyl halides is 3. The summed E-state index contributed by atoms with van der Waals surface area (Å²) in [4.78, 5) is 19.1. The van der Waals surface area contributed by atoms with Crippen LogP contribution in [0.3, 0.4) is 0 Å². The molecule has 0 atom stereocenters. The predicted octanol–water partition coefficient (Wildman–Crippen LogP) is 6.24. The van der Waals surface area contributed by atoms with Gasteiger partial charge < -0.3 is 14.9 Å². The molecule has 4 aromatic rings. The van der Waals surface area contributed by atoms with E-state index >= 15 is 0 Å². The minimum Gasteiger partial charge on any atom is -0.481 e. The molecule has 2 aromatic carbocycles. The fraction of sp³-hybridized carbons (Fsp3) is 0.167. The van der Waals surface area contributed by atoms with Gasteiger partial charge in [-0.2, -0.15) is 18.2 Å². The Balaban J connectivity index is 0.00000361. The molecular formula is C24H19ClF4N4O3. The van der Waals surface area contributed by atoms with Crippen molar-refractivity contribution in [2.45, 2.75) is 19.5 Å². The van der Waals surface area contributed by atoms with Crippen LogP contribution in [0.4, 0.5) is 23.4 Å². The van der Waals surface area contributed by atoms with Crippen LogP contribution in [0.2, 0.25) is 0 Å². The molecule has 7 nitrogen and oxygen atoms in total. The number of hydrogen-bond donors (Lipinski definition) is 2. The Labute approximate surface area is 208 Å². The van der Waals surface area contributed by atoms with Gasteiger partial charge in [-0.25, -0.2) is 9.37 Å². The van der Waals surface area contributed by atoms with Crippen LogP contribution in [0.25, 0.3) is 34.0 Å². The van der Waals surface area contributed by atoms with Crippen LogP contribution in [-0.2, 0) is 11.0 Å². The summed E-state index contributed by atoms with van der Waals surface area (Å²) in [6, 6.07) is 10.3. The molecule has 0 aliphatic carbocycles. The maximum Gasteiger partial charge on any atom is 0.417 e. The van der Waals surface area contributed by atoms with Gasteiger partial charge in [0.25, 0.3) is 5.89 Å². The lowest BCUT2D eigenvalue weighted by Crippen LogP contribution is -2.09. The zero-order chi connectivity index (χ0) is 25.2. The number of carboxylic acids is 1. The van der Waals surface area contributed by atoms with Gasteiger partial charge in [-0.15, -0.1) is 12.4 Å². The van der Waals surface area contributed by atoms with Gasteiger partial charge in [0.05, 0.1) is 12.0 Å². The largest absolute Gasteiger partial charge is 0.481 e. The number of anilines is 1. The van der Waals surface area contributed by atoms with E-state index in [0.717, 1.165) is 12.1 Å². The Morgan fingerprint density at radius 1 is 1.08 bits per heavy atom. The highest BCUT2D eigenvalue weighted by Crippen LogP contribution is 2.40. The van der Waals surface area contributed by atoms with Crippen LogP contribution < -0.4 is 5.32 Å². The van der Waals surface area contributed by atoms with Crippen LogP contribution in [0.1, 0.15) is 17.5 Å². The topological polar surface area (TPSA) is 101 Å². The van der Waals surface area contributed by atoms with Crippen LogP contribution >= 0.6 is 12.4 Å². The predicted molar refractivity (Wildman–Crippen MR) is 126 cm³/mol. The Morgan fingerprint density at radius 2 is 1.83 bits per heavy atom. The zero-order valence-electron chi connectivity index (χ0n) is 18.6. The lowest BCUT2D eigenvalue weighted by molar-refractivity contribution is -0.137. The summed E-state index contributed by atoms with van der Waals surface area (Å²) in [5, 5.41) is 15.5. The Bertz CT molecular complexity index is 1390.